The van der Waals surface area contributed by atoms with Gasteiger partial charge in [0.25, 0.3) is 5.89 Å². The summed E-state index contributed by atoms with van der Waals surface area (Å²) >= 11 is 0. The standard InChI is InChI=1S/C27H23F3N8O3/c1-14(39)38-7-5-15(6-8-38)25-24-17(18-10-21-16(9-19(18)28)11-32-37(21)38)3-2-4-20(24)36(34-25)13-23(40)31-12-22-33-27(26(29)30)41-35-22/h2-4,9-11,15,26H,5-8,12-13H2,1H3/p+1. The van der Waals surface area contributed by atoms with Crippen molar-refractivity contribution >= 4 is 33.6 Å². The number of rotatable bonds is 5. The second kappa shape index (κ2) is 9.23. The van der Waals surface area contributed by atoms with Crippen LogP contribution in [0.5, 0.6) is 0 Å². The molecule has 0 atom stereocenters. The second-order valence-electron chi connectivity index (χ2n) is 10.5. The molecule has 2 aromatic carbocycles. The van der Waals surface area contributed by atoms with Crippen LogP contribution in [0.15, 0.2) is 41.1 Å². The number of carbonyl (C=O) groups excluding carboxylic acids is 2. The Labute approximate surface area is 230 Å². The Morgan fingerprint density at radius 2 is 1.98 bits per heavy atom. The van der Waals surface area contributed by atoms with E-state index in [0.717, 1.165) is 11.1 Å². The predicted molar refractivity (Wildman–Crippen MR) is 139 cm³/mol. The van der Waals surface area contributed by atoms with Gasteiger partial charge >= 0.3 is 12.3 Å². The van der Waals surface area contributed by atoms with Crippen LogP contribution in [0.25, 0.3) is 32.9 Å². The molecule has 0 spiro atoms. The first-order valence-electron chi connectivity index (χ1n) is 13.2. The summed E-state index contributed by atoms with van der Waals surface area (Å²) in [5.41, 5.74) is 3.04. The summed E-state index contributed by atoms with van der Waals surface area (Å²) in [5, 5.41) is 16.8. The smallest absolute Gasteiger partial charge is 0.336 e. The van der Waals surface area contributed by atoms with Gasteiger partial charge in [0.1, 0.15) is 31.0 Å². The molecule has 41 heavy (non-hydrogen) atoms. The van der Waals surface area contributed by atoms with Crippen LogP contribution in [0.1, 0.15) is 49.5 Å². The molecule has 2 amide bonds. The van der Waals surface area contributed by atoms with Gasteiger partial charge in [-0.2, -0.15) is 18.9 Å². The van der Waals surface area contributed by atoms with Crippen LogP contribution in [-0.2, 0) is 22.7 Å². The molecular formula is C27H24F3N8O3+. The van der Waals surface area contributed by atoms with E-state index < -0.39 is 24.0 Å². The highest BCUT2D eigenvalue weighted by molar-refractivity contribution is 6.00. The zero-order valence-corrected chi connectivity index (χ0v) is 21.9. The first-order chi connectivity index (χ1) is 19.7. The minimum Gasteiger partial charge on any atom is -0.347 e. The molecule has 8 rings (SSSR count). The van der Waals surface area contributed by atoms with E-state index in [-0.39, 0.29) is 35.3 Å². The highest BCUT2D eigenvalue weighted by atomic mass is 19.3. The van der Waals surface area contributed by atoms with E-state index in [4.69, 9.17) is 5.10 Å². The number of nitrogens with one attached hydrogen (secondary N) is 1. The van der Waals surface area contributed by atoms with Crippen molar-refractivity contribution < 1.29 is 27.3 Å². The average Bonchev–Trinajstić information content (AvgIpc) is 3.68. The SMILES string of the molecule is CC(=O)[N+]12CCC(CC1)c1nn(CC(=O)NCc3noc(C(F)F)n3)c3cccc(c13)-c1cc3c(cnn32)cc1F. The quantitative estimate of drug-likeness (QED) is 0.323. The molecule has 0 radical (unpaired) electrons. The number of carbonyl (C=O) groups is 2. The number of benzene rings is 2. The third-order valence-electron chi connectivity index (χ3n) is 8.17. The Bertz CT molecular complexity index is 1850. The number of quaternary nitrogens is 1. The van der Waals surface area contributed by atoms with E-state index in [9.17, 15) is 18.4 Å². The molecule has 6 heterocycles. The summed E-state index contributed by atoms with van der Waals surface area (Å²) < 4.78 is 47.1. The van der Waals surface area contributed by atoms with E-state index in [2.05, 4.69) is 25.1 Å². The maximum Gasteiger partial charge on any atom is 0.336 e. The van der Waals surface area contributed by atoms with Gasteiger partial charge in [0, 0.05) is 35.1 Å². The largest absolute Gasteiger partial charge is 0.347 e. The van der Waals surface area contributed by atoms with E-state index in [0.29, 0.717) is 53.5 Å². The van der Waals surface area contributed by atoms with Crippen LogP contribution in [0.2, 0.25) is 0 Å². The highest BCUT2D eigenvalue weighted by Gasteiger charge is 2.44. The van der Waals surface area contributed by atoms with Crippen molar-refractivity contribution in [1.82, 2.24) is 39.7 Å². The van der Waals surface area contributed by atoms with Crippen molar-refractivity contribution in [2.24, 2.45) is 0 Å². The molecule has 0 aliphatic carbocycles. The summed E-state index contributed by atoms with van der Waals surface area (Å²) in [4.78, 5) is 31.3. The van der Waals surface area contributed by atoms with Gasteiger partial charge in [0.15, 0.2) is 5.82 Å². The molecule has 0 unspecified atom stereocenters. The second-order valence-corrected chi connectivity index (χ2v) is 10.5. The lowest BCUT2D eigenvalue weighted by Gasteiger charge is -2.39. The van der Waals surface area contributed by atoms with Gasteiger partial charge in [-0.25, -0.2) is 9.18 Å². The van der Waals surface area contributed by atoms with Crippen molar-refractivity contribution in [1.29, 1.82) is 0 Å². The Balaban J connectivity index is 1.32. The van der Waals surface area contributed by atoms with Crippen molar-refractivity contribution in [3.63, 3.8) is 0 Å². The summed E-state index contributed by atoms with van der Waals surface area (Å²) in [6.07, 6.45) is -0.0398. The fraction of sp³-hybridized carbons (Fsp3) is 0.333. The molecule has 3 aliphatic rings. The Morgan fingerprint density at radius 3 is 2.71 bits per heavy atom. The summed E-state index contributed by atoms with van der Waals surface area (Å²) in [5.74, 6) is -1.85. The van der Waals surface area contributed by atoms with Crippen LogP contribution >= 0.6 is 0 Å². The number of aromatic nitrogens is 6. The van der Waals surface area contributed by atoms with Gasteiger partial charge in [-0.15, -0.1) is 9.69 Å². The third-order valence-corrected chi connectivity index (χ3v) is 8.17. The van der Waals surface area contributed by atoms with E-state index >= 15 is 4.39 Å². The van der Waals surface area contributed by atoms with Gasteiger partial charge in [0.2, 0.25) is 5.91 Å². The lowest BCUT2D eigenvalue weighted by Crippen LogP contribution is -2.65. The Hall–Kier alpha value is -4.59. The highest BCUT2D eigenvalue weighted by Crippen LogP contribution is 2.42. The summed E-state index contributed by atoms with van der Waals surface area (Å²) in [6.45, 7) is 2.17. The van der Waals surface area contributed by atoms with E-state index in [1.54, 1.807) is 34.7 Å². The van der Waals surface area contributed by atoms with Crippen LogP contribution in [-0.4, -0.2) is 54.7 Å². The minimum absolute atomic E-state index is 0.0109. The van der Waals surface area contributed by atoms with Crippen LogP contribution in [0, 0.1) is 5.82 Å². The zero-order chi connectivity index (χ0) is 28.5. The lowest BCUT2D eigenvalue weighted by molar-refractivity contribution is -0.137. The average molecular weight is 566 g/mol. The number of hydrogen-bond donors (Lipinski definition) is 1. The number of amides is 2. The Morgan fingerprint density at radius 1 is 1.17 bits per heavy atom. The maximum atomic E-state index is 15.6. The van der Waals surface area contributed by atoms with Gasteiger partial charge in [-0.1, -0.05) is 22.1 Å². The molecule has 5 aromatic rings. The van der Waals surface area contributed by atoms with E-state index in [1.807, 2.05) is 12.1 Å². The summed E-state index contributed by atoms with van der Waals surface area (Å²) in [6, 6.07) is 8.62. The van der Waals surface area contributed by atoms with Crippen molar-refractivity contribution in [2.45, 2.75) is 45.2 Å². The molecule has 1 saturated heterocycles. The maximum absolute atomic E-state index is 15.6. The number of fused-ring (bicyclic) bond motifs is 2. The molecule has 1 fully saturated rings. The van der Waals surface area contributed by atoms with Crippen LogP contribution in [0.4, 0.5) is 13.2 Å². The molecule has 4 bridgehead atoms. The van der Waals surface area contributed by atoms with Gasteiger partial charge in [0.05, 0.1) is 30.9 Å². The fourth-order valence-corrected chi connectivity index (χ4v) is 6.14. The van der Waals surface area contributed by atoms with Gasteiger partial charge < -0.3 is 9.84 Å². The molecule has 11 nitrogen and oxygen atoms in total. The van der Waals surface area contributed by atoms with Gasteiger partial charge in [-0.3, -0.25) is 9.48 Å². The van der Waals surface area contributed by atoms with E-state index in [1.165, 1.54) is 6.07 Å². The zero-order valence-electron chi connectivity index (χ0n) is 21.9. The number of nitrogens with zero attached hydrogens (tertiary/aromatic N) is 7. The minimum atomic E-state index is -2.90. The summed E-state index contributed by atoms with van der Waals surface area (Å²) in [7, 11) is 0. The number of hydrogen-bond acceptors (Lipinski definition) is 7. The molecule has 210 valence electrons. The first kappa shape index (κ1) is 25.4. The molecule has 0 saturated carbocycles. The molecule has 14 heteroatoms. The number of piperidine rings is 1. The lowest BCUT2D eigenvalue weighted by atomic mass is 9.88. The molecule has 3 aromatic heterocycles. The number of halogens is 3. The van der Waals surface area contributed by atoms with Crippen molar-refractivity contribution in [3.05, 3.63) is 59.8 Å². The molecule has 1 N–H and O–H groups in total. The first-order valence-corrected chi connectivity index (χ1v) is 13.2. The molecule has 3 aliphatic heterocycles. The monoisotopic (exact) mass is 565 g/mol. The fourth-order valence-electron chi connectivity index (χ4n) is 6.14. The van der Waals surface area contributed by atoms with Gasteiger partial charge in [-0.05, 0) is 23.8 Å². The predicted octanol–water partition coefficient (Wildman–Crippen LogP) is 3.71. The van der Waals surface area contributed by atoms with Crippen molar-refractivity contribution in [3.8, 4) is 11.1 Å². The third kappa shape index (κ3) is 3.92. The van der Waals surface area contributed by atoms with Crippen LogP contribution < -0.4 is 9.91 Å². The van der Waals surface area contributed by atoms with Crippen molar-refractivity contribution in [2.75, 3.05) is 13.1 Å². The Kier molecular flexibility index (Phi) is 5.71. The molecular weight excluding hydrogens is 541 g/mol. The topological polar surface area (TPSA) is 121 Å². The van der Waals surface area contributed by atoms with Crippen LogP contribution in [0.3, 0.4) is 0 Å². The number of alkyl halides is 2. The normalized spacial score (nSPS) is 19.8.